The summed E-state index contributed by atoms with van der Waals surface area (Å²) in [5.41, 5.74) is 1.62. The summed E-state index contributed by atoms with van der Waals surface area (Å²) in [5.74, 6) is -0.743. The molecule has 2 aromatic rings. The molecule has 0 saturated carbocycles. The standard InChI is InChI=1S/C15H12ClFO/c1-10-6-7-12(14(17)8-10)15(18)9-11-4-2-3-5-13(11)16/h2-8H,9H2,1H3. The van der Waals surface area contributed by atoms with E-state index in [2.05, 4.69) is 0 Å². The summed E-state index contributed by atoms with van der Waals surface area (Å²) in [6.07, 6.45) is 0.111. The van der Waals surface area contributed by atoms with Gasteiger partial charge in [-0.1, -0.05) is 35.9 Å². The van der Waals surface area contributed by atoms with E-state index in [1.165, 1.54) is 12.1 Å². The van der Waals surface area contributed by atoms with Crippen LogP contribution in [0.2, 0.25) is 5.02 Å². The number of rotatable bonds is 3. The number of carbonyl (C=O) groups excluding carboxylic acids is 1. The molecule has 0 amide bonds. The number of hydrogen-bond donors (Lipinski definition) is 0. The van der Waals surface area contributed by atoms with Gasteiger partial charge in [-0.05, 0) is 36.2 Å². The van der Waals surface area contributed by atoms with Gasteiger partial charge in [0, 0.05) is 11.4 Å². The fraction of sp³-hybridized carbons (Fsp3) is 0.133. The Morgan fingerprint density at radius 3 is 2.61 bits per heavy atom. The van der Waals surface area contributed by atoms with Gasteiger partial charge < -0.3 is 0 Å². The molecule has 0 heterocycles. The maximum Gasteiger partial charge on any atom is 0.170 e. The summed E-state index contributed by atoms with van der Waals surface area (Å²) in [5, 5.41) is 0.526. The Hall–Kier alpha value is -1.67. The third kappa shape index (κ3) is 2.77. The quantitative estimate of drug-likeness (QED) is 0.757. The fourth-order valence-corrected chi connectivity index (χ4v) is 1.96. The van der Waals surface area contributed by atoms with Crippen LogP contribution in [0, 0.1) is 12.7 Å². The van der Waals surface area contributed by atoms with E-state index in [4.69, 9.17) is 11.6 Å². The number of benzene rings is 2. The Labute approximate surface area is 110 Å². The van der Waals surface area contributed by atoms with Crippen LogP contribution >= 0.6 is 11.6 Å². The number of aryl methyl sites for hydroxylation is 1. The van der Waals surface area contributed by atoms with Crippen LogP contribution < -0.4 is 0 Å². The van der Waals surface area contributed by atoms with E-state index in [0.717, 1.165) is 5.56 Å². The van der Waals surface area contributed by atoms with E-state index in [1.54, 1.807) is 37.3 Å². The van der Waals surface area contributed by atoms with Crippen molar-refractivity contribution in [2.45, 2.75) is 13.3 Å². The van der Waals surface area contributed by atoms with Crippen LogP contribution in [-0.2, 0) is 6.42 Å². The molecule has 0 aliphatic rings. The Balaban J connectivity index is 2.25. The number of ketones is 1. The first-order valence-corrected chi connectivity index (χ1v) is 5.98. The van der Waals surface area contributed by atoms with Gasteiger partial charge in [0.15, 0.2) is 5.78 Å². The van der Waals surface area contributed by atoms with E-state index >= 15 is 0 Å². The summed E-state index contributed by atoms with van der Waals surface area (Å²) in [7, 11) is 0. The monoisotopic (exact) mass is 262 g/mol. The third-order valence-corrected chi connectivity index (χ3v) is 3.10. The molecule has 0 fully saturated rings. The molecule has 92 valence electrons. The summed E-state index contributed by atoms with van der Waals surface area (Å²) in [6.45, 7) is 1.78. The van der Waals surface area contributed by atoms with E-state index < -0.39 is 5.82 Å². The van der Waals surface area contributed by atoms with Crippen LogP contribution in [0.15, 0.2) is 42.5 Å². The lowest BCUT2D eigenvalue weighted by Crippen LogP contribution is -2.06. The highest BCUT2D eigenvalue weighted by molar-refractivity contribution is 6.31. The molecule has 0 bridgehead atoms. The molecule has 3 heteroatoms. The molecular weight excluding hydrogens is 251 g/mol. The van der Waals surface area contributed by atoms with Crippen LogP contribution in [0.1, 0.15) is 21.5 Å². The summed E-state index contributed by atoms with van der Waals surface area (Å²) < 4.78 is 13.7. The maximum absolute atomic E-state index is 13.7. The van der Waals surface area contributed by atoms with Gasteiger partial charge in [-0.25, -0.2) is 4.39 Å². The third-order valence-electron chi connectivity index (χ3n) is 2.73. The smallest absolute Gasteiger partial charge is 0.170 e. The average Bonchev–Trinajstić information content (AvgIpc) is 2.32. The van der Waals surface area contributed by atoms with Gasteiger partial charge in [-0.2, -0.15) is 0 Å². The zero-order valence-electron chi connectivity index (χ0n) is 9.91. The zero-order valence-corrected chi connectivity index (χ0v) is 10.7. The summed E-state index contributed by atoms with van der Waals surface area (Å²) in [4.78, 5) is 12.0. The molecule has 0 aliphatic carbocycles. The molecule has 0 N–H and O–H groups in total. The molecule has 0 aromatic heterocycles. The predicted molar refractivity (Wildman–Crippen MR) is 70.6 cm³/mol. The highest BCUT2D eigenvalue weighted by atomic mass is 35.5. The zero-order chi connectivity index (χ0) is 13.1. The lowest BCUT2D eigenvalue weighted by Gasteiger charge is -2.05. The molecular formula is C15H12ClFO. The predicted octanol–water partition coefficient (Wildman–Crippen LogP) is 4.21. The molecule has 0 unspecified atom stereocenters. The van der Waals surface area contributed by atoms with Gasteiger partial charge in [-0.15, -0.1) is 0 Å². The Morgan fingerprint density at radius 1 is 1.22 bits per heavy atom. The number of halogens is 2. The van der Waals surface area contributed by atoms with Crippen LogP contribution in [0.4, 0.5) is 4.39 Å². The largest absolute Gasteiger partial charge is 0.294 e. The van der Waals surface area contributed by atoms with Crippen molar-refractivity contribution in [3.05, 3.63) is 70.0 Å². The highest BCUT2D eigenvalue weighted by Gasteiger charge is 2.13. The molecule has 0 spiro atoms. The van der Waals surface area contributed by atoms with Crippen molar-refractivity contribution in [1.82, 2.24) is 0 Å². The van der Waals surface area contributed by atoms with E-state index in [-0.39, 0.29) is 17.8 Å². The van der Waals surface area contributed by atoms with Gasteiger partial charge in [0.2, 0.25) is 0 Å². The molecule has 0 saturated heterocycles. The van der Waals surface area contributed by atoms with Crippen LogP contribution in [0.3, 0.4) is 0 Å². The normalized spacial score (nSPS) is 10.4. The van der Waals surface area contributed by atoms with Crippen LogP contribution in [0.5, 0.6) is 0 Å². The van der Waals surface area contributed by atoms with Gasteiger partial charge >= 0.3 is 0 Å². The van der Waals surface area contributed by atoms with Crippen LogP contribution in [-0.4, -0.2) is 5.78 Å². The first kappa shape index (κ1) is 12.8. The Morgan fingerprint density at radius 2 is 1.94 bits per heavy atom. The first-order valence-electron chi connectivity index (χ1n) is 5.60. The van der Waals surface area contributed by atoms with Crippen molar-refractivity contribution in [3.63, 3.8) is 0 Å². The average molecular weight is 263 g/mol. The topological polar surface area (TPSA) is 17.1 Å². The molecule has 2 rings (SSSR count). The van der Waals surface area contributed by atoms with Gasteiger partial charge in [0.25, 0.3) is 0 Å². The van der Waals surface area contributed by atoms with E-state index in [1.807, 2.05) is 0 Å². The molecule has 0 radical (unpaired) electrons. The van der Waals surface area contributed by atoms with Crippen LogP contribution in [0.25, 0.3) is 0 Å². The second-order valence-electron chi connectivity index (χ2n) is 4.17. The number of Topliss-reactive ketones (excluding diaryl/α,β-unsaturated/α-hetero) is 1. The number of hydrogen-bond acceptors (Lipinski definition) is 1. The van der Waals surface area contributed by atoms with Gasteiger partial charge in [0.1, 0.15) is 5.82 Å². The van der Waals surface area contributed by atoms with E-state index in [0.29, 0.717) is 10.6 Å². The Bertz CT molecular complexity index is 593. The van der Waals surface area contributed by atoms with Crippen molar-refractivity contribution in [2.75, 3.05) is 0 Å². The van der Waals surface area contributed by atoms with E-state index in [9.17, 15) is 9.18 Å². The summed E-state index contributed by atoms with van der Waals surface area (Å²) in [6, 6.07) is 11.7. The molecule has 0 aliphatic heterocycles. The van der Waals surface area contributed by atoms with Crippen molar-refractivity contribution in [2.24, 2.45) is 0 Å². The lowest BCUT2D eigenvalue weighted by molar-refractivity contribution is 0.0989. The molecule has 2 aromatic carbocycles. The molecule has 0 atom stereocenters. The summed E-state index contributed by atoms with van der Waals surface area (Å²) >= 11 is 5.97. The highest BCUT2D eigenvalue weighted by Crippen LogP contribution is 2.19. The minimum Gasteiger partial charge on any atom is -0.294 e. The maximum atomic E-state index is 13.7. The first-order chi connectivity index (χ1) is 8.58. The van der Waals surface area contributed by atoms with Crippen molar-refractivity contribution in [1.29, 1.82) is 0 Å². The van der Waals surface area contributed by atoms with Crippen molar-refractivity contribution in [3.8, 4) is 0 Å². The second-order valence-corrected chi connectivity index (χ2v) is 4.58. The lowest BCUT2D eigenvalue weighted by atomic mass is 10.0. The van der Waals surface area contributed by atoms with Gasteiger partial charge in [-0.3, -0.25) is 4.79 Å². The second kappa shape index (κ2) is 5.32. The minimum absolute atomic E-state index is 0.111. The van der Waals surface area contributed by atoms with Crippen molar-refractivity contribution < 1.29 is 9.18 Å². The molecule has 18 heavy (non-hydrogen) atoms. The molecule has 1 nitrogen and oxygen atoms in total. The van der Waals surface area contributed by atoms with Gasteiger partial charge in [0.05, 0.1) is 5.56 Å². The van der Waals surface area contributed by atoms with Crippen molar-refractivity contribution >= 4 is 17.4 Å². The SMILES string of the molecule is Cc1ccc(C(=O)Cc2ccccc2Cl)c(F)c1. The Kier molecular flexibility index (Phi) is 3.78. The fourth-order valence-electron chi connectivity index (χ4n) is 1.76. The number of carbonyl (C=O) groups is 1. The minimum atomic E-state index is -0.480.